The SMILES string of the molecule is CC1=[C-]c2ccccc2C1[Si](c1cccc(C)c1)(c1cccc(C)c1)c1cccc(C)c1.[Cl-].[Cl-].[Cl-].[Ti+4]. The van der Waals surface area contributed by atoms with Crippen LogP contribution >= 0.6 is 0 Å². The van der Waals surface area contributed by atoms with Crippen LogP contribution in [0.2, 0.25) is 0 Å². The quantitative estimate of drug-likeness (QED) is 0.133. The van der Waals surface area contributed by atoms with Gasteiger partial charge in [-0.15, -0.1) is 23.3 Å². The minimum atomic E-state index is -2.50. The zero-order chi connectivity index (χ0) is 22.3. The summed E-state index contributed by atoms with van der Waals surface area (Å²) in [4.78, 5) is 0. The van der Waals surface area contributed by atoms with Gasteiger partial charge in [0.2, 0.25) is 0 Å². The molecular formula is C31H29Cl3SiTi. The Morgan fingerprint density at radius 3 is 1.39 bits per heavy atom. The first-order chi connectivity index (χ1) is 15.5. The molecule has 0 spiro atoms. The van der Waals surface area contributed by atoms with E-state index in [0.29, 0.717) is 5.54 Å². The van der Waals surface area contributed by atoms with Gasteiger partial charge < -0.3 is 37.2 Å². The average molecular weight is 584 g/mol. The van der Waals surface area contributed by atoms with E-state index in [0.717, 1.165) is 0 Å². The van der Waals surface area contributed by atoms with Gasteiger partial charge in [-0.25, -0.2) is 0 Å². The van der Waals surface area contributed by atoms with Gasteiger partial charge in [-0.2, -0.15) is 17.7 Å². The summed E-state index contributed by atoms with van der Waals surface area (Å²) in [6.07, 6.45) is 3.76. The van der Waals surface area contributed by atoms with Gasteiger partial charge in [-0.3, -0.25) is 0 Å². The molecule has 1 aliphatic carbocycles. The molecule has 0 aliphatic heterocycles. The summed E-state index contributed by atoms with van der Waals surface area (Å²) in [7, 11) is -2.50. The summed E-state index contributed by atoms with van der Waals surface area (Å²) in [6, 6.07) is 36.7. The Labute approximate surface area is 250 Å². The molecule has 1 unspecified atom stereocenters. The van der Waals surface area contributed by atoms with Crippen LogP contribution in [0.1, 0.15) is 40.3 Å². The van der Waals surface area contributed by atoms with Gasteiger partial charge in [0.05, 0.1) is 0 Å². The average Bonchev–Trinajstić information content (AvgIpc) is 3.11. The standard InChI is InChI=1S/C31H29Si.3ClH.Ti/c1-22-10-7-14-27(18-22)32(28-15-8-11-23(2)19-28,29-16-9-12-24(3)20-29)31-25(4)21-26-13-5-6-17-30(26)31;;;;/h5-20,31H,1-4H3;3*1H;/q-1;;;;+4/p-3. The number of fused-ring (bicyclic) bond motifs is 1. The number of halogens is 3. The van der Waals surface area contributed by atoms with Crippen molar-refractivity contribution < 1.29 is 58.9 Å². The topological polar surface area (TPSA) is 0 Å². The Kier molecular flexibility index (Phi) is 12.0. The number of rotatable bonds is 4. The Morgan fingerprint density at radius 2 is 0.972 bits per heavy atom. The third kappa shape index (κ3) is 5.63. The van der Waals surface area contributed by atoms with Crippen LogP contribution in [0.4, 0.5) is 0 Å². The zero-order valence-electron chi connectivity index (χ0n) is 20.9. The van der Waals surface area contributed by atoms with Crippen LogP contribution in [-0.2, 0) is 21.7 Å². The maximum atomic E-state index is 3.76. The number of hydrogen-bond acceptors (Lipinski definition) is 0. The molecule has 1 atom stereocenters. The number of hydrogen-bond donors (Lipinski definition) is 0. The van der Waals surface area contributed by atoms with Gasteiger partial charge >= 0.3 is 21.7 Å². The first kappa shape index (κ1) is 32.5. The summed E-state index contributed by atoms with van der Waals surface area (Å²) in [6.45, 7) is 8.93. The van der Waals surface area contributed by atoms with Gasteiger partial charge in [0.15, 0.2) is 0 Å². The van der Waals surface area contributed by atoms with E-state index in [1.54, 1.807) is 0 Å². The maximum Gasteiger partial charge on any atom is 4.00 e. The molecule has 0 bridgehead atoms. The third-order valence-electron chi connectivity index (χ3n) is 6.89. The van der Waals surface area contributed by atoms with Crippen molar-refractivity contribution in [2.24, 2.45) is 0 Å². The minimum Gasteiger partial charge on any atom is -1.00 e. The normalized spacial score (nSPS) is 13.7. The van der Waals surface area contributed by atoms with Crippen molar-refractivity contribution in [1.29, 1.82) is 0 Å². The van der Waals surface area contributed by atoms with Crippen LogP contribution in [0.25, 0.3) is 0 Å². The second-order valence-corrected chi connectivity index (χ2v) is 13.2. The van der Waals surface area contributed by atoms with Crippen LogP contribution in [0.15, 0.2) is 103 Å². The first-order valence-electron chi connectivity index (χ1n) is 11.4. The Bertz CT molecular complexity index is 1240. The zero-order valence-corrected chi connectivity index (χ0v) is 25.8. The molecule has 0 fully saturated rings. The molecule has 0 saturated heterocycles. The summed E-state index contributed by atoms with van der Waals surface area (Å²) in [5, 5.41) is 4.41. The predicted molar refractivity (Wildman–Crippen MR) is 139 cm³/mol. The molecular weight excluding hydrogens is 555 g/mol. The summed E-state index contributed by atoms with van der Waals surface area (Å²) >= 11 is 0. The molecule has 36 heavy (non-hydrogen) atoms. The van der Waals surface area contributed by atoms with Gasteiger partial charge in [-0.05, 0) is 41.9 Å². The molecule has 0 amide bonds. The van der Waals surface area contributed by atoms with Crippen LogP contribution in [-0.4, -0.2) is 8.07 Å². The van der Waals surface area contributed by atoms with Gasteiger partial charge in [-0.1, -0.05) is 102 Å². The minimum absolute atomic E-state index is 0. The summed E-state index contributed by atoms with van der Waals surface area (Å²) < 4.78 is 0. The fourth-order valence-corrected chi connectivity index (χ4v) is 11.5. The molecule has 1 aliphatic rings. The molecule has 0 nitrogen and oxygen atoms in total. The fourth-order valence-electron chi connectivity index (χ4n) is 5.61. The molecule has 0 heterocycles. The van der Waals surface area contributed by atoms with Crippen LogP contribution in [0, 0.1) is 26.8 Å². The second-order valence-electron chi connectivity index (χ2n) is 9.24. The molecule has 5 rings (SSSR count). The molecule has 4 aromatic rings. The van der Waals surface area contributed by atoms with E-state index in [4.69, 9.17) is 0 Å². The van der Waals surface area contributed by atoms with E-state index >= 15 is 0 Å². The number of benzene rings is 4. The smallest absolute Gasteiger partial charge is 1.00 e. The molecule has 5 heteroatoms. The molecule has 182 valence electrons. The van der Waals surface area contributed by atoms with Gasteiger partial charge in [0.25, 0.3) is 0 Å². The van der Waals surface area contributed by atoms with Crippen LogP contribution < -0.4 is 52.8 Å². The third-order valence-corrected chi connectivity index (χ3v) is 12.2. The van der Waals surface area contributed by atoms with Gasteiger partial charge in [0.1, 0.15) is 8.07 Å². The van der Waals surface area contributed by atoms with Gasteiger partial charge in [0, 0.05) is 0 Å². The second kappa shape index (κ2) is 13.3. The van der Waals surface area contributed by atoms with E-state index in [-0.39, 0.29) is 58.9 Å². The van der Waals surface area contributed by atoms with Crippen molar-refractivity contribution in [3.63, 3.8) is 0 Å². The first-order valence-corrected chi connectivity index (χ1v) is 13.5. The van der Waals surface area contributed by atoms with Crippen molar-refractivity contribution >= 4 is 23.6 Å². The Morgan fingerprint density at radius 1 is 0.556 bits per heavy atom. The monoisotopic (exact) mass is 582 g/mol. The van der Waals surface area contributed by atoms with E-state index in [1.165, 1.54) is 49.0 Å². The summed E-state index contributed by atoms with van der Waals surface area (Å²) in [5.74, 6) is 0. The number of aryl methyl sites for hydroxylation is 3. The van der Waals surface area contributed by atoms with Crippen molar-refractivity contribution in [2.45, 2.75) is 33.2 Å². The number of allylic oxidation sites excluding steroid dienone is 1. The Hall–Kier alpha value is -1.58. The molecule has 0 radical (unpaired) electrons. The predicted octanol–water partition coefficient (Wildman–Crippen LogP) is -3.47. The van der Waals surface area contributed by atoms with Crippen molar-refractivity contribution in [3.05, 3.63) is 137 Å². The van der Waals surface area contributed by atoms with Crippen molar-refractivity contribution in [3.8, 4) is 0 Å². The Balaban J connectivity index is 0.00000162. The fraction of sp³-hybridized carbons (Fsp3) is 0.161. The van der Waals surface area contributed by atoms with Crippen LogP contribution in [0.5, 0.6) is 0 Å². The van der Waals surface area contributed by atoms with E-state index in [2.05, 4.69) is 131 Å². The van der Waals surface area contributed by atoms with Crippen molar-refractivity contribution in [1.82, 2.24) is 0 Å². The van der Waals surface area contributed by atoms with Crippen LogP contribution in [0.3, 0.4) is 0 Å². The van der Waals surface area contributed by atoms with E-state index in [1.807, 2.05) is 0 Å². The molecule has 4 aromatic carbocycles. The van der Waals surface area contributed by atoms with E-state index in [9.17, 15) is 0 Å². The van der Waals surface area contributed by atoms with E-state index < -0.39 is 8.07 Å². The molecule has 0 saturated carbocycles. The molecule has 0 aromatic heterocycles. The molecule has 0 N–H and O–H groups in total. The summed E-state index contributed by atoms with van der Waals surface area (Å²) in [5.41, 5.74) is 8.28. The largest absolute Gasteiger partial charge is 4.00 e. The maximum absolute atomic E-state index is 3.76. The van der Waals surface area contributed by atoms with Crippen molar-refractivity contribution in [2.75, 3.05) is 0 Å².